The summed E-state index contributed by atoms with van der Waals surface area (Å²) < 4.78 is 0. The van der Waals surface area contributed by atoms with Gasteiger partial charge in [-0.25, -0.2) is 9.97 Å². The molecule has 2 N–H and O–H groups in total. The number of anilines is 2. The summed E-state index contributed by atoms with van der Waals surface area (Å²) in [6, 6.07) is 21.6. The van der Waals surface area contributed by atoms with Crippen molar-refractivity contribution in [1.29, 1.82) is 0 Å². The molecule has 0 aliphatic carbocycles. The number of thioether (sulfide) groups is 1. The normalized spacial score (nSPS) is 18.4. The zero-order valence-electron chi connectivity index (χ0n) is 15.2. The van der Waals surface area contributed by atoms with E-state index in [1.165, 1.54) is 18.7 Å². The fourth-order valence-electron chi connectivity index (χ4n) is 2.99. The number of benzene rings is 2. The first-order valence-electron chi connectivity index (χ1n) is 8.91. The summed E-state index contributed by atoms with van der Waals surface area (Å²) in [4.78, 5) is 25.3. The Bertz CT molecular complexity index is 994. The summed E-state index contributed by atoms with van der Waals surface area (Å²) in [6.07, 6.45) is 1.74. The van der Waals surface area contributed by atoms with Gasteiger partial charge >= 0.3 is 0 Å². The average Bonchev–Trinajstić information content (AvgIpc) is 3.13. The number of nitrogens with one attached hydrogen (secondary N) is 2. The molecule has 3 aromatic rings. The first-order valence-corrected chi connectivity index (χ1v) is 9.79. The molecule has 1 amide bonds. The maximum Gasteiger partial charge on any atom is 0.227 e. The molecule has 140 valence electrons. The molecule has 2 aromatic carbocycles. The number of aliphatic imine (C=N–C) groups is 1. The van der Waals surface area contributed by atoms with Gasteiger partial charge in [0.25, 0.3) is 0 Å². The highest BCUT2D eigenvalue weighted by molar-refractivity contribution is 8.14. The summed E-state index contributed by atoms with van der Waals surface area (Å²) in [7, 11) is 0. The summed E-state index contributed by atoms with van der Waals surface area (Å²) in [5.41, 5.74) is 2.86. The lowest BCUT2D eigenvalue weighted by Gasteiger charge is -2.17. The number of hydrogen-bond donors (Lipinski definition) is 2. The minimum absolute atomic E-state index is 0.0522. The Morgan fingerprint density at radius 2 is 1.71 bits per heavy atom. The van der Waals surface area contributed by atoms with E-state index in [4.69, 9.17) is 9.98 Å². The zero-order chi connectivity index (χ0) is 19.3. The Labute approximate surface area is 167 Å². The van der Waals surface area contributed by atoms with Crippen LogP contribution in [0.5, 0.6) is 0 Å². The van der Waals surface area contributed by atoms with Crippen LogP contribution in [0.1, 0.15) is 29.5 Å². The molecule has 1 aliphatic heterocycles. The van der Waals surface area contributed by atoms with Crippen molar-refractivity contribution in [3.05, 3.63) is 84.2 Å². The van der Waals surface area contributed by atoms with Gasteiger partial charge in [-0.15, -0.1) is 0 Å². The Balaban J connectivity index is 1.63. The molecular weight excluding hydrogens is 370 g/mol. The third-order valence-electron chi connectivity index (χ3n) is 4.20. The third kappa shape index (κ3) is 4.20. The molecule has 6 nitrogen and oxygen atoms in total. The average molecular weight is 389 g/mol. The number of amides is 1. The Kier molecular flexibility index (Phi) is 5.34. The van der Waals surface area contributed by atoms with Gasteiger partial charge in [-0.1, -0.05) is 60.3 Å². The molecule has 0 radical (unpaired) electrons. The Morgan fingerprint density at radius 1 is 1.00 bits per heavy atom. The van der Waals surface area contributed by atoms with Gasteiger partial charge in [0, 0.05) is 18.8 Å². The van der Waals surface area contributed by atoms with E-state index in [2.05, 4.69) is 15.6 Å². The van der Waals surface area contributed by atoms with Gasteiger partial charge in [0.15, 0.2) is 5.17 Å². The largest absolute Gasteiger partial charge is 0.324 e. The third-order valence-corrected chi connectivity index (χ3v) is 5.39. The van der Waals surface area contributed by atoms with Crippen molar-refractivity contribution in [3.63, 3.8) is 0 Å². The lowest BCUT2D eigenvalue weighted by Crippen LogP contribution is -2.24. The van der Waals surface area contributed by atoms with Crippen LogP contribution in [0.15, 0.2) is 77.9 Å². The van der Waals surface area contributed by atoms with Gasteiger partial charge in [-0.3, -0.25) is 9.79 Å². The quantitative estimate of drug-likeness (QED) is 0.698. The van der Waals surface area contributed by atoms with Crippen LogP contribution >= 0.6 is 11.8 Å². The summed E-state index contributed by atoms with van der Waals surface area (Å²) in [6.45, 7) is 1.49. The van der Waals surface area contributed by atoms with Gasteiger partial charge in [-0.05, 0) is 23.8 Å². The number of para-hydroxylation sites is 1. The van der Waals surface area contributed by atoms with Crippen molar-refractivity contribution in [3.8, 4) is 0 Å². The highest BCUT2D eigenvalue weighted by Gasteiger charge is 2.34. The molecule has 0 fully saturated rings. The van der Waals surface area contributed by atoms with E-state index in [1.807, 2.05) is 66.7 Å². The van der Waals surface area contributed by atoms with E-state index in [0.717, 1.165) is 16.9 Å². The first-order chi connectivity index (χ1) is 13.7. The second-order valence-corrected chi connectivity index (χ2v) is 7.44. The molecule has 2 atom stereocenters. The second kappa shape index (κ2) is 8.22. The van der Waals surface area contributed by atoms with Crippen LogP contribution in [0, 0.1) is 0 Å². The highest BCUT2D eigenvalue weighted by Crippen LogP contribution is 2.47. The van der Waals surface area contributed by atoms with E-state index in [1.54, 1.807) is 6.20 Å². The second-order valence-electron chi connectivity index (χ2n) is 6.31. The lowest BCUT2D eigenvalue weighted by atomic mass is 10.0. The van der Waals surface area contributed by atoms with E-state index < -0.39 is 0 Å². The molecule has 2 heterocycles. The van der Waals surface area contributed by atoms with Crippen molar-refractivity contribution < 1.29 is 4.79 Å². The number of carbonyl (C=O) groups excluding carboxylic acids is 1. The van der Waals surface area contributed by atoms with E-state index in [-0.39, 0.29) is 17.2 Å². The molecule has 28 heavy (non-hydrogen) atoms. The van der Waals surface area contributed by atoms with Gasteiger partial charge in [0.05, 0.1) is 17.0 Å². The number of aromatic nitrogens is 2. The van der Waals surface area contributed by atoms with Crippen LogP contribution < -0.4 is 10.6 Å². The fourth-order valence-corrected chi connectivity index (χ4v) is 4.20. The standard InChI is InChI=1S/C21H19N5OS/c1-14(27)23-21-26-18(15-8-4-2-5-9-15)19(28-21)17-12-13-22-20(25-17)24-16-10-6-3-7-11-16/h2-13,18-19H,1H3,(H,22,24,25)(H,23,26,27). The monoisotopic (exact) mass is 389 g/mol. The van der Waals surface area contributed by atoms with Crippen LogP contribution in [-0.2, 0) is 4.79 Å². The smallest absolute Gasteiger partial charge is 0.227 e. The number of carbonyl (C=O) groups is 1. The molecule has 1 aromatic heterocycles. The van der Waals surface area contributed by atoms with Crippen LogP contribution in [0.3, 0.4) is 0 Å². The molecule has 7 heteroatoms. The molecule has 2 unspecified atom stereocenters. The molecule has 0 spiro atoms. The molecule has 0 bridgehead atoms. The van der Waals surface area contributed by atoms with Gasteiger partial charge in [0.1, 0.15) is 0 Å². The number of amidine groups is 1. The van der Waals surface area contributed by atoms with E-state index >= 15 is 0 Å². The molecule has 0 saturated carbocycles. The summed E-state index contributed by atoms with van der Waals surface area (Å²) in [5, 5.41) is 6.60. The van der Waals surface area contributed by atoms with E-state index in [0.29, 0.717) is 11.1 Å². The number of hydrogen-bond acceptors (Lipinski definition) is 6. The maximum atomic E-state index is 11.5. The van der Waals surface area contributed by atoms with Gasteiger partial charge < -0.3 is 10.6 Å². The van der Waals surface area contributed by atoms with Crippen molar-refractivity contribution >= 4 is 34.5 Å². The molecule has 0 saturated heterocycles. The molecule has 4 rings (SSSR count). The van der Waals surface area contributed by atoms with Crippen molar-refractivity contribution in [1.82, 2.24) is 15.3 Å². The number of rotatable bonds is 4. The lowest BCUT2D eigenvalue weighted by molar-refractivity contribution is -0.117. The van der Waals surface area contributed by atoms with Gasteiger partial charge in [0.2, 0.25) is 11.9 Å². The number of nitrogens with zero attached hydrogens (tertiary/aromatic N) is 3. The van der Waals surface area contributed by atoms with Crippen LogP contribution in [0.25, 0.3) is 0 Å². The van der Waals surface area contributed by atoms with Crippen LogP contribution in [-0.4, -0.2) is 21.0 Å². The minimum atomic E-state index is -0.132. The predicted molar refractivity (Wildman–Crippen MR) is 113 cm³/mol. The van der Waals surface area contributed by atoms with E-state index in [9.17, 15) is 4.79 Å². The topological polar surface area (TPSA) is 79.3 Å². The summed E-state index contributed by atoms with van der Waals surface area (Å²) in [5.74, 6) is 0.400. The molecule has 1 aliphatic rings. The van der Waals surface area contributed by atoms with Crippen molar-refractivity contribution in [2.45, 2.75) is 18.2 Å². The maximum absolute atomic E-state index is 11.5. The minimum Gasteiger partial charge on any atom is -0.324 e. The predicted octanol–water partition coefficient (Wildman–Crippen LogP) is 4.24. The van der Waals surface area contributed by atoms with Gasteiger partial charge in [-0.2, -0.15) is 0 Å². The Hall–Kier alpha value is -3.19. The SMILES string of the molecule is CC(=O)NC1=NC(c2ccccc2)C(c2ccnc(Nc3ccccc3)n2)S1. The summed E-state index contributed by atoms with van der Waals surface area (Å²) >= 11 is 1.51. The molecular formula is C21H19N5OS. The first kappa shape index (κ1) is 18.2. The van der Waals surface area contributed by atoms with Crippen LogP contribution in [0.4, 0.5) is 11.6 Å². The Morgan fingerprint density at radius 3 is 2.43 bits per heavy atom. The zero-order valence-corrected chi connectivity index (χ0v) is 16.1. The van der Waals surface area contributed by atoms with Crippen molar-refractivity contribution in [2.75, 3.05) is 5.32 Å². The van der Waals surface area contributed by atoms with Crippen molar-refractivity contribution in [2.24, 2.45) is 4.99 Å². The van der Waals surface area contributed by atoms with Crippen LogP contribution in [0.2, 0.25) is 0 Å². The fraction of sp³-hybridized carbons (Fsp3) is 0.143. The highest BCUT2D eigenvalue weighted by atomic mass is 32.2.